The Morgan fingerprint density at radius 2 is 2.00 bits per heavy atom. The minimum atomic E-state index is 0.462. The van der Waals surface area contributed by atoms with E-state index < -0.39 is 0 Å². The maximum Gasteiger partial charge on any atom is 0.0965 e. The van der Waals surface area contributed by atoms with Gasteiger partial charge in [0.2, 0.25) is 0 Å². The maximum atomic E-state index is 4.16. The van der Waals surface area contributed by atoms with E-state index in [0.29, 0.717) is 6.04 Å². The van der Waals surface area contributed by atoms with Gasteiger partial charge < -0.3 is 5.32 Å². The predicted molar refractivity (Wildman–Crippen MR) is 79.3 cm³/mol. The topological polar surface area (TPSA) is 42.7 Å². The van der Waals surface area contributed by atoms with E-state index in [2.05, 4.69) is 60.0 Å². The van der Waals surface area contributed by atoms with Crippen molar-refractivity contribution >= 4 is 11.8 Å². The first-order chi connectivity index (χ1) is 9.17. The molecule has 0 bridgehead atoms. The molecular formula is C14H20N4S. The van der Waals surface area contributed by atoms with Gasteiger partial charge in [-0.15, -0.1) is 16.9 Å². The Bertz CT molecular complexity index is 504. The summed E-state index contributed by atoms with van der Waals surface area (Å²) in [5.41, 5.74) is 2.22. The summed E-state index contributed by atoms with van der Waals surface area (Å²) in [6.45, 7) is 5.78. The van der Waals surface area contributed by atoms with E-state index in [9.17, 15) is 0 Å². The van der Waals surface area contributed by atoms with Crippen LogP contribution in [-0.4, -0.2) is 27.3 Å². The molecule has 5 heteroatoms. The van der Waals surface area contributed by atoms with E-state index in [1.807, 2.05) is 10.9 Å². The van der Waals surface area contributed by atoms with Crippen molar-refractivity contribution in [3.8, 4) is 0 Å². The molecule has 0 spiro atoms. The third kappa shape index (κ3) is 4.36. The lowest BCUT2D eigenvalue weighted by Crippen LogP contribution is -2.21. The highest BCUT2D eigenvalue weighted by molar-refractivity contribution is 7.98. The highest BCUT2D eigenvalue weighted by atomic mass is 32.2. The lowest BCUT2D eigenvalue weighted by atomic mass is 10.2. The normalized spacial score (nSPS) is 11.2. The van der Waals surface area contributed by atoms with Crippen molar-refractivity contribution in [1.29, 1.82) is 0 Å². The van der Waals surface area contributed by atoms with Crippen LogP contribution in [0.4, 0.5) is 0 Å². The number of hydrogen-bond donors (Lipinski definition) is 1. The summed E-state index contributed by atoms with van der Waals surface area (Å²) in [6, 6.07) is 9.01. The Balaban J connectivity index is 1.95. The van der Waals surface area contributed by atoms with Gasteiger partial charge in [-0.25, -0.2) is 4.68 Å². The van der Waals surface area contributed by atoms with Gasteiger partial charge in [-0.3, -0.25) is 0 Å². The highest BCUT2D eigenvalue weighted by Gasteiger charge is 2.02. The zero-order valence-corrected chi connectivity index (χ0v) is 12.4. The van der Waals surface area contributed by atoms with Crippen LogP contribution in [0.2, 0.25) is 0 Å². The summed E-state index contributed by atoms with van der Waals surface area (Å²) in [5.74, 6) is 0. The van der Waals surface area contributed by atoms with Crippen LogP contribution in [0.3, 0.4) is 0 Å². The van der Waals surface area contributed by atoms with E-state index in [4.69, 9.17) is 0 Å². The number of nitrogens with one attached hydrogen (secondary N) is 1. The van der Waals surface area contributed by atoms with Crippen LogP contribution in [-0.2, 0) is 13.1 Å². The van der Waals surface area contributed by atoms with Gasteiger partial charge in [0.05, 0.1) is 18.4 Å². The summed E-state index contributed by atoms with van der Waals surface area (Å²) in [5, 5.41) is 11.7. The molecule has 19 heavy (non-hydrogen) atoms. The molecule has 1 aromatic heterocycles. The molecule has 1 N–H and O–H groups in total. The van der Waals surface area contributed by atoms with Crippen LogP contribution in [0, 0.1) is 0 Å². The summed E-state index contributed by atoms with van der Waals surface area (Å²) in [4.78, 5) is 1.28. The molecule has 1 aromatic carbocycles. The molecule has 0 aliphatic heterocycles. The van der Waals surface area contributed by atoms with Crippen LogP contribution in [0.5, 0.6) is 0 Å². The fourth-order valence-corrected chi connectivity index (χ4v) is 2.13. The van der Waals surface area contributed by atoms with Gasteiger partial charge in [0.25, 0.3) is 0 Å². The van der Waals surface area contributed by atoms with Gasteiger partial charge in [-0.1, -0.05) is 31.2 Å². The van der Waals surface area contributed by atoms with Crippen molar-refractivity contribution in [1.82, 2.24) is 20.3 Å². The molecule has 0 unspecified atom stereocenters. The smallest absolute Gasteiger partial charge is 0.0965 e. The molecule has 1 heterocycles. The molecule has 2 aromatic rings. The molecule has 0 aliphatic carbocycles. The monoisotopic (exact) mass is 276 g/mol. The van der Waals surface area contributed by atoms with E-state index in [1.54, 1.807) is 11.8 Å². The molecule has 0 radical (unpaired) electrons. The summed E-state index contributed by atoms with van der Waals surface area (Å²) < 4.78 is 1.88. The minimum Gasteiger partial charge on any atom is -0.309 e. The summed E-state index contributed by atoms with van der Waals surface area (Å²) in [6.07, 6.45) is 4.08. The Kier molecular flexibility index (Phi) is 4.99. The van der Waals surface area contributed by atoms with Gasteiger partial charge >= 0.3 is 0 Å². The van der Waals surface area contributed by atoms with Crippen LogP contribution >= 0.6 is 11.8 Å². The molecule has 0 amide bonds. The first-order valence-corrected chi connectivity index (χ1v) is 7.65. The zero-order valence-electron chi connectivity index (χ0n) is 11.6. The Morgan fingerprint density at radius 3 is 2.63 bits per heavy atom. The zero-order chi connectivity index (χ0) is 13.7. The standard InChI is InChI=1S/C14H20N4S/c1-11(2)15-8-13-10-18(17-16-13)9-12-4-6-14(19-3)7-5-12/h4-7,10-11,15H,8-9H2,1-3H3. The Hall–Kier alpha value is -1.33. The molecule has 2 rings (SSSR count). The van der Waals surface area contributed by atoms with Crippen molar-refractivity contribution in [3.63, 3.8) is 0 Å². The number of nitrogens with zero attached hydrogens (tertiary/aromatic N) is 3. The summed E-state index contributed by atoms with van der Waals surface area (Å²) >= 11 is 1.75. The van der Waals surface area contributed by atoms with Gasteiger partial charge in [0, 0.05) is 17.5 Å². The van der Waals surface area contributed by atoms with Gasteiger partial charge in [0.15, 0.2) is 0 Å². The quantitative estimate of drug-likeness (QED) is 0.823. The van der Waals surface area contributed by atoms with Gasteiger partial charge in [-0.2, -0.15) is 0 Å². The van der Waals surface area contributed by atoms with Crippen molar-refractivity contribution in [2.75, 3.05) is 6.26 Å². The molecule has 0 atom stereocenters. The molecule has 0 fully saturated rings. The van der Waals surface area contributed by atoms with Crippen molar-refractivity contribution in [3.05, 3.63) is 41.7 Å². The average Bonchev–Trinajstić information content (AvgIpc) is 2.85. The average molecular weight is 276 g/mol. The highest BCUT2D eigenvalue weighted by Crippen LogP contribution is 2.15. The minimum absolute atomic E-state index is 0.462. The van der Waals surface area contributed by atoms with E-state index in [-0.39, 0.29) is 0 Å². The Morgan fingerprint density at radius 1 is 1.26 bits per heavy atom. The molecule has 0 saturated carbocycles. The maximum absolute atomic E-state index is 4.16. The number of aromatic nitrogens is 3. The molecule has 0 saturated heterocycles. The first kappa shape index (κ1) is 14.1. The second-order valence-corrected chi connectivity index (χ2v) is 5.67. The fourth-order valence-electron chi connectivity index (χ4n) is 1.72. The first-order valence-electron chi connectivity index (χ1n) is 6.42. The molecule has 0 aliphatic rings. The van der Waals surface area contributed by atoms with Gasteiger partial charge in [-0.05, 0) is 24.0 Å². The Labute approximate surface area is 118 Å². The van der Waals surface area contributed by atoms with Gasteiger partial charge in [0.1, 0.15) is 0 Å². The number of thioether (sulfide) groups is 1. The van der Waals surface area contributed by atoms with Crippen LogP contribution in [0.1, 0.15) is 25.1 Å². The van der Waals surface area contributed by atoms with E-state index in [0.717, 1.165) is 18.8 Å². The third-order valence-corrected chi connectivity index (χ3v) is 3.52. The van der Waals surface area contributed by atoms with E-state index >= 15 is 0 Å². The molecular weight excluding hydrogens is 256 g/mol. The lowest BCUT2D eigenvalue weighted by molar-refractivity contribution is 0.580. The predicted octanol–water partition coefficient (Wildman–Crippen LogP) is 2.55. The van der Waals surface area contributed by atoms with Crippen molar-refractivity contribution in [2.45, 2.75) is 37.9 Å². The van der Waals surface area contributed by atoms with Crippen molar-refractivity contribution < 1.29 is 0 Å². The largest absolute Gasteiger partial charge is 0.309 e. The number of hydrogen-bond acceptors (Lipinski definition) is 4. The van der Waals surface area contributed by atoms with E-state index in [1.165, 1.54) is 10.5 Å². The molecule has 4 nitrogen and oxygen atoms in total. The molecule has 102 valence electrons. The van der Waals surface area contributed by atoms with Crippen molar-refractivity contribution in [2.24, 2.45) is 0 Å². The second kappa shape index (κ2) is 6.73. The second-order valence-electron chi connectivity index (χ2n) is 4.79. The van der Waals surface area contributed by atoms with Crippen LogP contribution in [0.15, 0.2) is 35.4 Å². The number of benzene rings is 1. The third-order valence-electron chi connectivity index (χ3n) is 2.78. The summed E-state index contributed by atoms with van der Waals surface area (Å²) in [7, 11) is 0. The van der Waals surface area contributed by atoms with Crippen LogP contribution in [0.25, 0.3) is 0 Å². The fraction of sp³-hybridized carbons (Fsp3) is 0.429. The number of rotatable bonds is 6. The lowest BCUT2D eigenvalue weighted by Gasteiger charge is -2.04. The van der Waals surface area contributed by atoms with Crippen LogP contribution < -0.4 is 5.32 Å². The SMILES string of the molecule is CSc1ccc(Cn2cc(CNC(C)C)nn2)cc1.